The lowest BCUT2D eigenvalue weighted by atomic mass is 10.1. The molecule has 3 heterocycles. The number of carbonyl (C=O) groups excluding carboxylic acids is 3. The zero-order valence-electron chi connectivity index (χ0n) is 19.8. The number of likely N-dealkylation sites (tertiary alicyclic amines) is 1. The van der Waals surface area contributed by atoms with Crippen molar-refractivity contribution in [1.82, 2.24) is 9.80 Å². The molecule has 5 amide bonds. The lowest BCUT2D eigenvalue weighted by molar-refractivity contribution is -0.143. The van der Waals surface area contributed by atoms with Crippen LogP contribution in [0.1, 0.15) is 17.5 Å². The summed E-state index contributed by atoms with van der Waals surface area (Å²) in [6.45, 7) is -0.0273. The van der Waals surface area contributed by atoms with Crippen LogP contribution in [0.5, 0.6) is 0 Å². The summed E-state index contributed by atoms with van der Waals surface area (Å²) < 4.78 is 79.4. The van der Waals surface area contributed by atoms with Crippen molar-refractivity contribution in [2.45, 2.75) is 36.9 Å². The Morgan fingerprint density at radius 2 is 1.51 bits per heavy atom. The van der Waals surface area contributed by atoms with Gasteiger partial charge in [-0.3, -0.25) is 4.79 Å². The number of urea groups is 2. The van der Waals surface area contributed by atoms with E-state index in [0.29, 0.717) is 23.2 Å². The quantitative estimate of drug-likeness (QED) is 0.330. The minimum absolute atomic E-state index is 0.0273. The molecular weight excluding hydrogens is 530 g/mol. The monoisotopic (exact) mass is 548 g/mol. The minimum atomic E-state index is -5.07. The maximum Gasteiger partial charge on any atom is 0.416 e. The molecule has 1 N–H and O–H groups in total. The number of alkyl halides is 6. The number of nitrogens with one attached hydrogen (secondary N) is 1. The molecule has 3 saturated heterocycles. The molecule has 3 aromatic rings. The van der Waals surface area contributed by atoms with Gasteiger partial charge in [-0.1, -0.05) is 36.4 Å². The Balaban J connectivity index is 1.27. The highest BCUT2D eigenvalue weighted by molar-refractivity contribution is 6.25. The second kappa shape index (κ2) is 8.35. The number of fused-ring (bicyclic) bond motifs is 6. The van der Waals surface area contributed by atoms with Crippen molar-refractivity contribution in [3.8, 4) is 0 Å². The molecule has 1 unspecified atom stereocenters. The van der Waals surface area contributed by atoms with E-state index in [-0.39, 0.29) is 19.0 Å². The van der Waals surface area contributed by atoms with Crippen LogP contribution in [0, 0.1) is 0 Å². The van der Waals surface area contributed by atoms with Crippen molar-refractivity contribution in [1.29, 1.82) is 0 Å². The van der Waals surface area contributed by atoms with Crippen molar-refractivity contribution in [3.63, 3.8) is 0 Å². The average molecular weight is 548 g/mol. The van der Waals surface area contributed by atoms with Crippen LogP contribution in [-0.4, -0.2) is 52.4 Å². The predicted molar refractivity (Wildman–Crippen MR) is 127 cm³/mol. The number of anilines is 2. The highest BCUT2D eigenvalue weighted by Gasteiger charge is 2.63. The zero-order valence-corrected chi connectivity index (χ0v) is 19.8. The van der Waals surface area contributed by atoms with Gasteiger partial charge in [0.1, 0.15) is 6.04 Å². The zero-order chi connectivity index (χ0) is 27.9. The molecule has 202 valence electrons. The SMILES string of the molecule is O=C1[C@H]2C3C[C@H](CN3C(=O)Nc3cc(C(F)(F)F)cc(C(F)(F)F)c3)N2C(=O)N1c1cccc2ccccc12. The molecule has 3 aromatic carbocycles. The molecule has 0 radical (unpaired) electrons. The van der Waals surface area contributed by atoms with Crippen LogP contribution in [0.2, 0.25) is 0 Å². The number of rotatable bonds is 2. The van der Waals surface area contributed by atoms with Gasteiger partial charge in [-0.2, -0.15) is 26.3 Å². The number of piperazine rings is 1. The molecule has 0 aromatic heterocycles. The largest absolute Gasteiger partial charge is 0.416 e. The number of imide groups is 1. The summed E-state index contributed by atoms with van der Waals surface area (Å²) in [5.74, 6) is -0.556. The van der Waals surface area contributed by atoms with E-state index in [4.69, 9.17) is 0 Å². The van der Waals surface area contributed by atoms with E-state index in [9.17, 15) is 40.7 Å². The van der Waals surface area contributed by atoms with Crippen LogP contribution in [0.25, 0.3) is 10.8 Å². The predicted octanol–water partition coefficient (Wildman–Crippen LogP) is 5.70. The molecular formula is C26H18F6N4O3. The van der Waals surface area contributed by atoms with Crippen molar-refractivity contribution in [3.05, 3.63) is 71.8 Å². The van der Waals surface area contributed by atoms with Crippen molar-refractivity contribution in [2.24, 2.45) is 0 Å². The highest BCUT2D eigenvalue weighted by atomic mass is 19.4. The third-order valence-corrected chi connectivity index (χ3v) is 7.37. The summed E-state index contributed by atoms with van der Waals surface area (Å²) in [6.07, 6.45) is -9.89. The molecule has 39 heavy (non-hydrogen) atoms. The molecule has 6 rings (SSSR count). The molecule has 3 fully saturated rings. The summed E-state index contributed by atoms with van der Waals surface area (Å²) in [5.41, 5.74) is -3.43. The normalized spacial score (nSPS) is 22.7. The number of amides is 5. The third-order valence-electron chi connectivity index (χ3n) is 7.37. The molecule has 3 atom stereocenters. The standard InChI is InChI=1S/C26H18F6N4O3/c27-25(28,29)14-8-15(26(30,31)32)10-16(9-14)33-23(38)34-12-17-11-20(34)21-22(37)36(24(39)35(17)21)19-7-3-5-13-4-1-2-6-18(13)19/h1-10,17,20-21H,11-12H2,(H,33,38)/t17-,20?,21-/m1/s1. The summed E-state index contributed by atoms with van der Waals surface area (Å²) in [4.78, 5) is 43.6. The van der Waals surface area contributed by atoms with Gasteiger partial charge in [0.05, 0.1) is 28.9 Å². The molecule has 0 aliphatic carbocycles. The summed E-state index contributed by atoms with van der Waals surface area (Å²) in [5, 5.41) is 3.61. The van der Waals surface area contributed by atoms with Crippen molar-refractivity contribution < 1.29 is 40.7 Å². The van der Waals surface area contributed by atoms with Crippen LogP contribution < -0.4 is 10.2 Å². The van der Waals surface area contributed by atoms with Gasteiger partial charge in [-0.25, -0.2) is 14.5 Å². The molecule has 0 saturated carbocycles. The maximum absolute atomic E-state index is 13.5. The van der Waals surface area contributed by atoms with E-state index in [2.05, 4.69) is 5.32 Å². The summed E-state index contributed by atoms with van der Waals surface area (Å²) >= 11 is 0. The van der Waals surface area contributed by atoms with E-state index in [0.717, 1.165) is 10.3 Å². The van der Waals surface area contributed by atoms with Gasteiger partial charge in [0.15, 0.2) is 0 Å². The van der Waals surface area contributed by atoms with Crippen molar-refractivity contribution >= 4 is 40.1 Å². The highest BCUT2D eigenvalue weighted by Crippen LogP contribution is 2.44. The fraction of sp³-hybridized carbons (Fsp3) is 0.269. The van der Waals surface area contributed by atoms with E-state index in [1.165, 1.54) is 9.80 Å². The van der Waals surface area contributed by atoms with Gasteiger partial charge in [-0.05, 0) is 36.1 Å². The fourth-order valence-corrected chi connectivity index (χ4v) is 5.74. The van der Waals surface area contributed by atoms with E-state index in [1.807, 2.05) is 18.2 Å². The van der Waals surface area contributed by atoms with E-state index in [1.54, 1.807) is 24.3 Å². The Bertz CT molecular complexity index is 1500. The Labute approximate surface area is 216 Å². The first kappa shape index (κ1) is 25.0. The Morgan fingerprint density at radius 3 is 2.18 bits per heavy atom. The fourth-order valence-electron chi connectivity index (χ4n) is 5.74. The molecule has 0 spiro atoms. The maximum atomic E-state index is 13.5. The van der Waals surface area contributed by atoms with Crippen LogP contribution >= 0.6 is 0 Å². The smallest absolute Gasteiger partial charge is 0.317 e. The molecule has 13 heteroatoms. The van der Waals surface area contributed by atoms with Gasteiger partial charge < -0.3 is 15.1 Å². The van der Waals surface area contributed by atoms with Crippen LogP contribution in [0.4, 0.5) is 47.3 Å². The van der Waals surface area contributed by atoms with Gasteiger partial charge in [0, 0.05) is 17.6 Å². The lowest BCUT2D eigenvalue weighted by Gasteiger charge is -2.34. The van der Waals surface area contributed by atoms with Crippen LogP contribution in [0.15, 0.2) is 60.7 Å². The number of nitrogens with zero attached hydrogens (tertiary/aromatic N) is 3. The first-order valence-corrected chi connectivity index (χ1v) is 11.9. The first-order valence-electron chi connectivity index (χ1n) is 11.9. The van der Waals surface area contributed by atoms with Gasteiger partial charge in [0.25, 0.3) is 5.91 Å². The number of carbonyl (C=O) groups is 3. The van der Waals surface area contributed by atoms with Gasteiger partial charge in [0.2, 0.25) is 0 Å². The second-order valence-electron chi connectivity index (χ2n) is 9.64. The Hall–Kier alpha value is -4.29. The van der Waals surface area contributed by atoms with Gasteiger partial charge >= 0.3 is 24.4 Å². The second-order valence-corrected chi connectivity index (χ2v) is 9.64. The van der Waals surface area contributed by atoms with E-state index < -0.39 is 65.3 Å². The number of hydrogen-bond acceptors (Lipinski definition) is 3. The number of halogens is 6. The Morgan fingerprint density at radius 1 is 0.872 bits per heavy atom. The molecule has 3 aliphatic rings. The third kappa shape index (κ3) is 3.94. The number of hydrogen-bond donors (Lipinski definition) is 1. The van der Waals surface area contributed by atoms with Gasteiger partial charge in [-0.15, -0.1) is 0 Å². The van der Waals surface area contributed by atoms with Crippen molar-refractivity contribution in [2.75, 3.05) is 16.8 Å². The average Bonchev–Trinajstić information content (AvgIpc) is 3.54. The van der Waals surface area contributed by atoms with E-state index >= 15 is 0 Å². The first-order chi connectivity index (χ1) is 18.3. The minimum Gasteiger partial charge on any atom is -0.317 e. The summed E-state index contributed by atoms with van der Waals surface area (Å²) in [7, 11) is 0. The molecule has 3 aliphatic heterocycles. The Kier molecular flexibility index (Phi) is 5.36. The lowest BCUT2D eigenvalue weighted by Crippen LogP contribution is -2.55. The van der Waals surface area contributed by atoms with Crippen LogP contribution in [-0.2, 0) is 17.1 Å². The molecule has 7 nitrogen and oxygen atoms in total. The molecule has 2 bridgehead atoms. The summed E-state index contributed by atoms with van der Waals surface area (Å²) in [6, 6.07) is 9.32. The number of benzene rings is 3. The van der Waals surface area contributed by atoms with Crippen LogP contribution in [0.3, 0.4) is 0 Å². The topological polar surface area (TPSA) is 73.0 Å².